The van der Waals surface area contributed by atoms with Gasteiger partial charge in [0.05, 0.1) is 29.7 Å². The number of quaternary nitrogens is 1. The van der Waals surface area contributed by atoms with Crippen LogP contribution in [0.3, 0.4) is 0 Å². The Morgan fingerprint density at radius 2 is 1.68 bits per heavy atom. The SMILES string of the molecule is C=CC1C[N+]2(Cc3cc(C(F)(F)F)cc(C(F)(F)F)c3)CCC1CC2C(O)c1ccnc2ccccc12.[Cl-]. The van der Waals surface area contributed by atoms with Gasteiger partial charge < -0.3 is 22.0 Å². The maximum Gasteiger partial charge on any atom is 0.416 e. The second-order valence-corrected chi connectivity index (χ2v) is 10.3. The molecule has 1 aromatic heterocycles. The minimum Gasteiger partial charge on any atom is -1.00 e. The van der Waals surface area contributed by atoms with Gasteiger partial charge in [-0.3, -0.25) is 4.98 Å². The first-order valence-electron chi connectivity index (χ1n) is 12.2. The molecule has 38 heavy (non-hydrogen) atoms. The van der Waals surface area contributed by atoms with Crippen LogP contribution in [0.2, 0.25) is 0 Å². The maximum atomic E-state index is 13.6. The molecular formula is C28H27ClF6N2O. The topological polar surface area (TPSA) is 33.1 Å². The van der Waals surface area contributed by atoms with Gasteiger partial charge in [-0.1, -0.05) is 24.3 Å². The van der Waals surface area contributed by atoms with E-state index in [1.807, 2.05) is 30.3 Å². The standard InChI is InChI=1S/C28H27F6N2O.ClH/c1-2-18-16-36(15-17-11-20(27(29,30)31)14-21(12-17)28(32,33)34)10-8-19(18)13-25(36)26(37)23-7-9-35-24-6-4-3-5-22(23)24;/h2-7,9,11-12,14,18-19,25-26,37H,1,8,10,13,15-16H2;1H/q+1;/p-1. The van der Waals surface area contributed by atoms with Crippen LogP contribution in [0.4, 0.5) is 26.3 Å². The molecule has 4 heterocycles. The molecule has 5 unspecified atom stereocenters. The van der Waals surface area contributed by atoms with Gasteiger partial charge in [0.15, 0.2) is 0 Å². The van der Waals surface area contributed by atoms with E-state index in [9.17, 15) is 31.4 Å². The number of nitrogens with zero attached hydrogens (tertiary/aromatic N) is 2. The van der Waals surface area contributed by atoms with Crippen molar-refractivity contribution in [1.29, 1.82) is 0 Å². The molecule has 3 aliphatic rings. The van der Waals surface area contributed by atoms with Crippen LogP contribution in [0.25, 0.3) is 10.9 Å². The lowest BCUT2D eigenvalue weighted by atomic mass is 9.71. The zero-order chi connectivity index (χ0) is 26.6. The first-order valence-corrected chi connectivity index (χ1v) is 12.2. The lowest BCUT2D eigenvalue weighted by Gasteiger charge is -2.58. The van der Waals surface area contributed by atoms with Crippen LogP contribution in [0.1, 0.15) is 41.2 Å². The third-order valence-electron chi connectivity index (χ3n) is 8.19. The van der Waals surface area contributed by atoms with Crippen molar-refractivity contribution < 1.29 is 48.3 Å². The summed E-state index contributed by atoms with van der Waals surface area (Å²) in [6, 6.07) is 10.5. The fourth-order valence-corrected chi connectivity index (χ4v) is 6.44. The van der Waals surface area contributed by atoms with E-state index in [1.165, 1.54) is 0 Å². The summed E-state index contributed by atoms with van der Waals surface area (Å²) in [5.74, 6) is 0.316. The first kappa shape index (κ1) is 28.4. The zero-order valence-electron chi connectivity index (χ0n) is 20.3. The number of alkyl halides is 6. The zero-order valence-corrected chi connectivity index (χ0v) is 21.1. The summed E-state index contributed by atoms with van der Waals surface area (Å²) in [5.41, 5.74) is -1.31. The third kappa shape index (κ3) is 5.16. The molecule has 6 rings (SSSR count). The minimum absolute atomic E-state index is 0. The highest BCUT2D eigenvalue weighted by Gasteiger charge is 2.54. The summed E-state index contributed by atoms with van der Waals surface area (Å²) in [6.45, 7) is 4.93. The molecule has 3 fully saturated rings. The number of aliphatic hydroxyl groups excluding tert-OH is 1. The molecular weight excluding hydrogens is 530 g/mol. The molecule has 0 aliphatic carbocycles. The van der Waals surface area contributed by atoms with E-state index in [1.54, 1.807) is 12.3 Å². The average molecular weight is 557 g/mol. The Balaban J connectivity index is 0.00000336. The number of fused-ring (bicyclic) bond motifs is 4. The Hall–Kier alpha value is -2.62. The Labute approximate surface area is 222 Å². The molecule has 2 aromatic carbocycles. The molecule has 2 bridgehead atoms. The van der Waals surface area contributed by atoms with Crippen molar-refractivity contribution >= 4 is 10.9 Å². The van der Waals surface area contributed by atoms with Crippen LogP contribution in [0, 0.1) is 11.8 Å². The highest BCUT2D eigenvalue weighted by molar-refractivity contribution is 5.82. The Bertz CT molecular complexity index is 1290. The van der Waals surface area contributed by atoms with Crippen molar-refractivity contribution in [1.82, 2.24) is 4.98 Å². The van der Waals surface area contributed by atoms with E-state index in [-0.39, 0.29) is 46.9 Å². The van der Waals surface area contributed by atoms with Gasteiger partial charge in [0.1, 0.15) is 18.7 Å². The van der Waals surface area contributed by atoms with E-state index in [2.05, 4.69) is 11.6 Å². The van der Waals surface area contributed by atoms with Crippen LogP contribution in [0.15, 0.2) is 67.4 Å². The van der Waals surface area contributed by atoms with Gasteiger partial charge in [0, 0.05) is 35.9 Å². The monoisotopic (exact) mass is 556 g/mol. The largest absolute Gasteiger partial charge is 1.00 e. The number of hydrogen-bond donors (Lipinski definition) is 1. The highest BCUT2D eigenvalue weighted by atomic mass is 35.5. The lowest BCUT2D eigenvalue weighted by molar-refractivity contribution is -0.984. The van der Waals surface area contributed by atoms with Crippen molar-refractivity contribution in [3.8, 4) is 0 Å². The number of para-hydroxylation sites is 1. The molecule has 3 saturated heterocycles. The van der Waals surface area contributed by atoms with E-state index in [0.29, 0.717) is 30.6 Å². The van der Waals surface area contributed by atoms with Gasteiger partial charge in [-0.05, 0) is 41.8 Å². The number of aromatic nitrogens is 1. The van der Waals surface area contributed by atoms with Gasteiger partial charge in [0.25, 0.3) is 0 Å². The predicted molar refractivity (Wildman–Crippen MR) is 127 cm³/mol. The van der Waals surface area contributed by atoms with Gasteiger partial charge in [-0.2, -0.15) is 26.3 Å². The second kappa shape index (κ2) is 10.2. The molecule has 0 saturated carbocycles. The predicted octanol–water partition coefficient (Wildman–Crippen LogP) is 3.92. The molecule has 10 heteroatoms. The maximum absolute atomic E-state index is 13.6. The van der Waals surface area contributed by atoms with Crippen LogP contribution in [0.5, 0.6) is 0 Å². The van der Waals surface area contributed by atoms with Crippen molar-refractivity contribution in [2.24, 2.45) is 11.8 Å². The molecule has 0 spiro atoms. The molecule has 1 N–H and O–H groups in total. The average Bonchev–Trinajstić information content (AvgIpc) is 2.86. The van der Waals surface area contributed by atoms with Crippen LogP contribution in [-0.4, -0.2) is 33.7 Å². The number of benzene rings is 2. The van der Waals surface area contributed by atoms with Crippen molar-refractivity contribution in [3.63, 3.8) is 0 Å². The Morgan fingerprint density at radius 1 is 1.03 bits per heavy atom. The smallest absolute Gasteiger partial charge is 0.416 e. The van der Waals surface area contributed by atoms with Gasteiger partial charge in [-0.15, -0.1) is 6.58 Å². The van der Waals surface area contributed by atoms with Crippen molar-refractivity contribution in [2.45, 2.75) is 43.9 Å². The van der Waals surface area contributed by atoms with E-state index in [4.69, 9.17) is 0 Å². The summed E-state index contributed by atoms with van der Waals surface area (Å²) in [5, 5.41) is 12.5. The molecule has 0 amide bonds. The molecule has 0 radical (unpaired) electrons. The summed E-state index contributed by atoms with van der Waals surface area (Å²) >= 11 is 0. The molecule has 3 aromatic rings. The number of hydrogen-bond acceptors (Lipinski definition) is 2. The molecule has 5 atom stereocenters. The molecule has 3 nitrogen and oxygen atoms in total. The summed E-state index contributed by atoms with van der Waals surface area (Å²) in [7, 11) is 0. The lowest BCUT2D eigenvalue weighted by Crippen LogP contribution is -3.00. The summed E-state index contributed by atoms with van der Waals surface area (Å²) in [4.78, 5) is 4.35. The van der Waals surface area contributed by atoms with Gasteiger partial charge >= 0.3 is 12.4 Å². The summed E-state index contributed by atoms with van der Waals surface area (Å²) in [6.07, 6.45) is -5.99. The van der Waals surface area contributed by atoms with E-state index in [0.717, 1.165) is 23.9 Å². The molecule has 3 aliphatic heterocycles. The van der Waals surface area contributed by atoms with E-state index < -0.39 is 35.6 Å². The fraction of sp³-hybridized carbons (Fsp3) is 0.393. The quantitative estimate of drug-likeness (QED) is 0.294. The summed E-state index contributed by atoms with van der Waals surface area (Å²) < 4.78 is 81.6. The van der Waals surface area contributed by atoms with Gasteiger partial charge in [-0.25, -0.2) is 0 Å². The number of pyridine rings is 1. The second-order valence-electron chi connectivity index (χ2n) is 10.3. The minimum atomic E-state index is -4.91. The number of piperidine rings is 3. The van der Waals surface area contributed by atoms with Gasteiger partial charge in [0.2, 0.25) is 0 Å². The third-order valence-corrected chi connectivity index (χ3v) is 8.19. The normalized spacial score (nSPS) is 26.1. The van der Waals surface area contributed by atoms with Crippen LogP contribution >= 0.6 is 0 Å². The van der Waals surface area contributed by atoms with Crippen molar-refractivity contribution in [3.05, 3.63) is 89.6 Å². The number of halogens is 7. The Kier molecular flexibility index (Phi) is 7.60. The highest BCUT2D eigenvalue weighted by Crippen LogP contribution is 2.48. The fourth-order valence-electron chi connectivity index (χ4n) is 6.44. The van der Waals surface area contributed by atoms with Crippen LogP contribution in [-0.2, 0) is 18.9 Å². The number of rotatable bonds is 5. The van der Waals surface area contributed by atoms with Crippen molar-refractivity contribution in [2.75, 3.05) is 13.1 Å². The van der Waals surface area contributed by atoms with Crippen LogP contribution < -0.4 is 12.4 Å². The molecule has 204 valence electrons. The Morgan fingerprint density at radius 3 is 2.32 bits per heavy atom. The van der Waals surface area contributed by atoms with E-state index >= 15 is 0 Å². The number of aliphatic hydroxyl groups is 1. The first-order chi connectivity index (χ1) is 17.4.